The van der Waals surface area contributed by atoms with Gasteiger partial charge in [-0.1, -0.05) is 56.1 Å². The van der Waals surface area contributed by atoms with Gasteiger partial charge in [0.25, 0.3) is 5.91 Å². The van der Waals surface area contributed by atoms with Crippen LogP contribution in [0.1, 0.15) is 60.2 Å². The first-order valence-electron chi connectivity index (χ1n) is 10.4. The standard InChI is InChI=1S/C24H32ClNO4/c1-4-16(2)22(23(30-3)18-9-11-20(25)12-10-18)17-5-7-19(8-6-17)24(29)26-14-13-21(28)15-27/h5-12,16,21-23,27-28H,4,13-15H2,1-3H3,(H,26,29). The van der Waals surface area contributed by atoms with E-state index in [2.05, 4.69) is 19.2 Å². The van der Waals surface area contributed by atoms with Crippen molar-refractivity contribution in [3.63, 3.8) is 0 Å². The zero-order valence-electron chi connectivity index (χ0n) is 17.8. The van der Waals surface area contributed by atoms with Gasteiger partial charge in [0.05, 0.1) is 18.8 Å². The van der Waals surface area contributed by atoms with Crippen molar-refractivity contribution >= 4 is 17.5 Å². The molecule has 0 spiro atoms. The fraction of sp³-hybridized carbons (Fsp3) is 0.458. The first kappa shape index (κ1) is 24.4. The summed E-state index contributed by atoms with van der Waals surface area (Å²) in [4.78, 5) is 12.3. The molecule has 0 aromatic heterocycles. The average Bonchev–Trinajstić information content (AvgIpc) is 2.77. The molecule has 0 fully saturated rings. The second kappa shape index (κ2) is 12.1. The summed E-state index contributed by atoms with van der Waals surface area (Å²) in [5, 5.41) is 21.7. The van der Waals surface area contributed by atoms with Gasteiger partial charge in [0.1, 0.15) is 0 Å². The molecule has 0 aliphatic carbocycles. The number of nitrogens with one attached hydrogen (secondary N) is 1. The molecule has 2 aromatic rings. The number of halogens is 1. The molecule has 0 radical (unpaired) electrons. The van der Waals surface area contributed by atoms with Crippen LogP contribution >= 0.6 is 11.6 Å². The van der Waals surface area contributed by atoms with Crippen molar-refractivity contribution < 1.29 is 19.7 Å². The van der Waals surface area contributed by atoms with Crippen LogP contribution in [0.15, 0.2) is 48.5 Å². The topological polar surface area (TPSA) is 78.8 Å². The third-order valence-electron chi connectivity index (χ3n) is 5.57. The fourth-order valence-corrected chi connectivity index (χ4v) is 3.73. The Morgan fingerprint density at radius 1 is 1.10 bits per heavy atom. The van der Waals surface area contributed by atoms with Crippen LogP contribution in [0, 0.1) is 5.92 Å². The lowest BCUT2D eigenvalue weighted by Gasteiger charge is -2.31. The number of rotatable bonds is 11. The first-order valence-corrected chi connectivity index (χ1v) is 10.7. The van der Waals surface area contributed by atoms with Crippen LogP contribution in [-0.4, -0.2) is 42.5 Å². The van der Waals surface area contributed by atoms with E-state index in [0.717, 1.165) is 17.5 Å². The number of aliphatic hydroxyl groups is 2. The molecule has 6 heteroatoms. The van der Waals surface area contributed by atoms with E-state index in [4.69, 9.17) is 21.4 Å². The number of aliphatic hydroxyl groups excluding tert-OH is 2. The zero-order chi connectivity index (χ0) is 22.1. The highest BCUT2D eigenvalue weighted by Gasteiger charge is 2.29. The molecular formula is C24H32ClNO4. The maximum Gasteiger partial charge on any atom is 0.251 e. The molecule has 2 aromatic carbocycles. The lowest BCUT2D eigenvalue weighted by atomic mass is 9.79. The Labute approximate surface area is 184 Å². The van der Waals surface area contributed by atoms with Crippen molar-refractivity contribution in [3.05, 3.63) is 70.2 Å². The Morgan fingerprint density at radius 2 is 1.70 bits per heavy atom. The van der Waals surface area contributed by atoms with E-state index in [9.17, 15) is 9.90 Å². The molecule has 0 saturated heterocycles. The third-order valence-corrected chi connectivity index (χ3v) is 5.82. The largest absolute Gasteiger partial charge is 0.394 e. The second-order valence-corrected chi connectivity index (χ2v) is 8.06. The molecule has 4 atom stereocenters. The second-order valence-electron chi connectivity index (χ2n) is 7.62. The molecule has 4 unspecified atom stereocenters. The Hall–Kier alpha value is -1.92. The number of hydrogen-bond acceptors (Lipinski definition) is 4. The van der Waals surface area contributed by atoms with Crippen molar-refractivity contribution in [2.75, 3.05) is 20.3 Å². The van der Waals surface area contributed by atoms with Gasteiger partial charge in [-0.3, -0.25) is 4.79 Å². The molecule has 0 aliphatic rings. The summed E-state index contributed by atoms with van der Waals surface area (Å²) in [6, 6.07) is 15.3. The number of ether oxygens (including phenoxy) is 1. The summed E-state index contributed by atoms with van der Waals surface area (Å²) < 4.78 is 5.91. The summed E-state index contributed by atoms with van der Waals surface area (Å²) >= 11 is 6.05. The maximum atomic E-state index is 12.3. The van der Waals surface area contributed by atoms with Gasteiger partial charge in [-0.15, -0.1) is 0 Å². The minimum Gasteiger partial charge on any atom is -0.394 e. The first-order chi connectivity index (χ1) is 14.4. The monoisotopic (exact) mass is 433 g/mol. The van der Waals surface area contributed by atoms with Gasteiger partial charge >= 0.3 is 0 Å². The number of carbonyl (C=O) groups is 1. The minimum absolute atomic E-state index is 0.123. The molecule has 0 heterocycles. The predicted octanol–water partition coefficient (Wildman–Crippen LogP) is 4.33. The Kier molecular flexibility index (Phi) is 9.79. The SMILES string of the molecule is CCC(C)C(c1ccc(C(=O)NCCC(O)CO)cc1)C(OC)c1ccc(Cl)cc1. The smallest absolute Gasteiger partial charge is 0.251 e. The Bertz CT molecular complexity index is 779. The Balaban J connectivity index is 2.19. The predicted molar refractivity (Wildman–Crippen MR) is 120 cm³/mol. The highest BCUT2D eigenvalue weighted by molar-refractivity contribution is 6.30. The number of methoxy groups -OCH3 is 1. The Morgan fingerprint density at radius 3 is 2.23 bits per heavy atom. The van der Waals surface area contributed by atoms with E-state index >= 15 is 0 Å². The molecule has 1 amide bonds. The highest BCUT2D eigenvalue weighted by Crippen LogP contribution is 2.40. The van der Waals surface area contributed by atoms with Gasteiger partial charge in [0, 0.05) is 30.2 Å². The van der Waals surface area contributed by atoms with Crippen LogP contribution < -0.4 is 5.32 Å². The summed E-state index contributed by atoms with van der Waals surface area (Å²) in [7, 11) is 1.72. The quantitative estimate of drug-likeness (QED) is 0.492. The summed E-state index contributed by atoms with van der Waals surface area (Å²) in [5.41, 5.74) is 2.73. The van der Waals surface area contributed by atoms with Crippen molar-refractivity contribution in [1.82, 2.24) is 5.32 Å². The average molecular weight is 434 g/mol. The van der Waals surface area contributed by atoms with Gasteiger partial charge in [-0.25, -0.2) is 0 Å². The summed E-state index contributed by atoms with van der Waals surface area (Å²) in [6.45, 7) is 4.37. The normalized spacial score (nSPS) is 15.3. The molecule has 0 bridgehead atoms. The van der Waals surface area contributed by atoms with Gasteiger partial charge in [-0.2, -0.15) is 0 Å². The van der Waals surface area contributed by atoms with Crippen molar-refractivity contribution in [2.24, 2.45) is 5.92 Å². The van der Waals surface area contributed by atoms with Gasteiger partial charge in [0.2, 0.25) is 0 Å². The maximum absolute atomic E-state index is 12.3. The lowest BCUT2D eigenvalue weighted by molar-refractivity contribution is 0.0605. The van der Waals surface area contributed by atoms with E-state index in [1.54, 1.807) is 7.11 Å². The molecule has 3 N–H and O–H groups in total. The molecule has 30 heavy (non-hydrogen) atoms. The lowest BCUT2D eigenvalue weighted by Crippen LogP contribution is -2.28. The number of benzene rings is 2. The van der Waals surface area contributed by atoms with E-state index in [1.165, 1.54) is 0 Å². The molecular weight excluding hydrogens is 402 g/mol. The van der Waals surface area contributed by atoms with E-state index < -0.39 is 6.10 Å². The van der Waals surface area contributed by atoms with Crippen LogP contribution in [0.2, 0.25) is 5.02 Å². The van der Waals surface area contributed by atoms with Gasteiger partial charge in [-0.05, 0) is 47.7 Å². The van der Waals surface area contributed by atoms with Crippen molar-refractivity contribution in [3.8, 4) is 0 Å². The van der Waals surface area contributed by atoms with Crippen LogP contribution in [0.4, 0.5) is 0 Å². The number of hydrogen-bond donors (Lipinski definition) is 3. The van der Waals surface area contributed by atoms with Crippen molar-refractivity contribution in [2.45, 2.75) is 44.8 Å². The minimum atomic E-state index is -0.817. The molecule has 0 saturated carbocycles. The summed E-state index contributed by atoms with van der Waals surface area (Å²) in [5.74, 6) is 0.288. The van der Waals surface area contributed by atoms with E-state index in [-0.39, 0.29) is 24.5 Å². The number of amides is 1. The van der Waals surface area contributed by atoms with Crippen LogP contribution in [0.25, 0.3) is 0 Å². The summed E-state index contributed by atoms with van der Waals surface area (Å²) in [6.07, 6.45) is 0.361. The fourth-order valence-electron chi connectivity index (χ4n) is 3.60. The molecule has 0 aliphatic heterocycles. The van der Waals surface area contributed by atoms with Crippen LogP contribution in [0.5, 0.6) is 0 Å². The van der Waals surface area contributed by atoms with E-state index in [0.29, 0.717) is 29.5 Å². The van der Waals surface area contributed by atoms with E-state index in [1.807, 2.05) is 48.5 Å². The molecule has 164 valence electrons. The highest BCUT2D eigenvalue weighted by atomic mass is 35.5. The van der Waals surface area contributed by atoms with Crippen LogP contribution in [-0.2, 0) is 4.74 Å². The number of carbonyl (C=O) groups excluding carboxylic acids is 1. The van der Waals surface area contributed by atoms with Crippen LogP contribution in [0.3, 0.4) is 0 Å². The molecule has 5 nitrogen and oxygen atoms in total. The third kappa shape index (κ3) is 6.54. The van der Waals surface area contributed by atoms with Gasteiger partial charge in [0.15, 0.2) is 0 Å². The van der Waals surface area contributed by atoms with Crippen molar-refractivity contribution in [1.29, 1.82) is 0 Å². The zero-order valence-corrected chi connectivity index (χ0v) is 18.6. The van der Waals surface area contributed by atoms with Gasteiger partial charge < -0.3 is 20.3 Å². The molecule has 2 rings (SSSR count).